The number of hydrogen-bond acceptors (Lipinski definition) is 13. The van der Waals surface area contributed by atoms with Gasteiger partial charge >= 0.3 is 5.97 Å². The molecule has 0 aromatic carbocycles. The highest BCUT2D eigenvalue weighted by molar-refractivity contribution is 5.96. The lowest BCUT2D eigenvalue weighted by Crippen LogP contribution is -2.57. The molecule has 0 spiro atoms. The summed E-state index contributed by atoms with van der Waals surface area (Å²) in [5, 5.41) is 44.0. The molecule has 1 unspecified atom stereocenters. The Bertz CT molecular complexity index is 1720. The molecule has 0 radical (unpaired) electrons. The van der Waals surface area contributed by atoms with Gasteiger partial charge in [0.1, 0.15) is 36.4 Å². The molecule has 23 nitrogen and oxygen atoms in total. The number of amides is 9. The van der Waals surface area contributed by atoms with Crippen molar-refractivity contribution in [3.8, 4) is 0 Å². The maximum absolute atomic E-state index is 13.5. The number of nitrogens with two attached hydrogens (primary N) is 1. The number of aliphatic hydroxyl groups excluding tert-OH is 1. The summed E-state index contributed by atoms with van der Waals surface area (Å²) in [5.41, 5.74) is 5.31. The largest absolute Gasteiger partial charge is 0.480 e. The van der Waals surface area contributed by atoms with Gasteiger partial charge in [0.2, 0.25) is 53.2 Å². The summed E-state index contributed by atoms with van der Waals surface area (Å²) in [4.78, 5) is 130. The van der Waals surface area contributed by atoms with Gasteiger partial charge in [-0.1, -0.05) is 60.8 Å². The Kier molecular flexibility index (Phi) is 25.3. The molecule has 0 aromatic heterocycles. The highest BCUT2D eigenvalue weighted by Crippen LogP contribution is 2.20. The highest BCUT2D eigenvalue weighted by atomic mass is 16.4. The number of aliphatic carboxylic acids is 1. The summed E-state index contributed by atoms with van der Waals surface area (Å²) in [7, 11) is 0. The zero-order valence-electron chi connectivity index (χ0n) is 40.2. The van der Waals surface area contributed by atoms with Crippen LogP contribution >= 0.6 is 0 Å². The van der Waals surface area contributed by atoms with Crippen molar-refractivity contribution in [1.29, 1.82) is 0 Å². The Balaban J connectivity index is 1.97. The Morgan fingerprint density at radius 1 is 0.701 bits per heavy atom. The van der Waals surface area contributed by atoms with Crippen LogP contribution in [0.1, 0.15) is 119 Å². The molecule has 0 saturated carbocycles. The molecule has 2 aliphatic rings. The quantitative estimate of drug-likeness (QED) is 0.0334. The number of aliphatic hydroxyl groups is 1. The van der Waals surface area contributed by atoms with Gasteiger partial charge in [0.25, 0.3) is 0 Å². The van der Waals surface area contributed by atoms with Crippen molar-refractivity contribution < 1.29 is 58.2 Å². The average Bonchev–Trinajstić information content (AvgIpc) is 3.93. The van der Waals surface area contributed by atoms with E-state index in [1.165, 1.54) is 11.8 Å². The fourth-order valence-corrected chi connectivity index (χ4v) is 7.81. The van der Waals surface area contributed by atoms with E-state index in [9.17, 15) is 58.2 Å². The van der Waals surface area contributed by atoms with Crippen molar-refractivity contribution in [3.05, 3.63) is 0 Å². The first kappa shape index (κ1) is 57.7. The number of nitrogens with one attached hydrogen (secondary N) is 9. The van der Waals surface area contributed by atoms with E-state index in [2.05, 4.69) is 47.9 Å². The number of hydrogen-bond donors (Lipinski definition) is 12. The highest BCUT2D eigenvalue weighted by Gasteiger charge is 2.37. The van der Waals surface area contributed by atoms with Crippen LogP contribution < -0.4 is 53.6 Å². The van der Waals surface area contributed by atoms with Crippen LogP contribution in [0, 0.1) is 17.8 Å². The van der Waals surface area contributed by atoms with Gasteiger partial charge in [-0.3, -0.25) is 48.1 Å². The van der Waals surface area contributed by atoms with Crippen molar-refractivity contribution in [2.45, 2.75) is 168 Å². The Hall–Kier alpha value is -5.42. The predicted octanol–water partition coefficient (Wildman–Crippen LogP) is -2.42. The maximum atomic E-state index is 13.5. The monoisotopic (exact) mass is 952 g/mol. The summed E-state index contributed by atoms with van der Waals surface area (Å²) in [5.74, 6) is -7.07. The number of carbonyl (C=O) groups excluding carboxylic acids is 9. The van der Waals surface area contributed by atoms with E-state index in [0.717, 1.165) is 12.8 Å². The summed E-state index contributed by atoms with van der Waals surface area (Å²) in [6.07, 6.45) is 2.69. The van der Waals surface area contributed by atoms with E-state index in [-0.39, 0.29) is 56.4 Å². The number of nitrogens with zero attached hydrogens (tertiary/aromatic N) is 1. The van der Waals surface area contributed by atoms with Gasteiger partial charge in [-0.25, -0.2) is 4.79 Å². The first-order valence-electron chi connectivity index (χ1n) is 23.5. The van der Waals surface area contributed by atoms with E-state index in [4.69, 9.17) is 5.73 Å². The molecule has 2 aliphatic heterocycles. The van der Waals surface area contributed by atoms with Crippen molar-refractivity contribution in [3.63, 3.8) is 0 Å². The van der Waals surface area contributed by atoms with Crippen LogP contribution in [0.2, 0.25) is 0 Å². The van der Waals surface area contributed by atoms with E-state index < -0.39 is 115 Å². The zero-order valence-corrected chi connectivity index (χ0v) is 40.2. The van der Waals surface area contributed by atoms with Gasteiger partial charge in [-0.05, 0) is 76.2 Å². The third-order valence-corrected chi connectivity index (χ3v) is 11.4. The first-order valence-corrected chi connectivity index (χ1v) is 23.5. The molecule has 2 saturated heterocycles. The Morgan fingerprint density at radius 2 is 1.30 bits per heavy atom. The standard InChI is InChI=1S/C44H77N11O12/c1-8-9-10-12-29(44(66)67)53-43(65)33-13-11-16-55(33)37(59)23-49-38(60)27(7)50-42(64)32(18-25(4)5)52-36(58)22-48-40(62)31(17-24(2)3)54-41(63)28(14-15-34(45)56)51-35(57)21-47-39(61)30-19-26(6)20-46-30/h24-33,37,46,59H,8-23H2,1-7H3,(H2,45,56)(H,47,61)(H,48,62)(H,49,60)(H,50,64)(H,51,57)(H,52,58)(H,53,65)(H,54,63)(H,66,67)/t26-,27+,28+,29+,30+,31+,32+,33+,37?/m1/s1. The molecule has 67 heavy (non-hydrogen) atoms. The molecule has 0 aromatic rings. The van der Waals surface area contributed by atoms with Crippen LogP contribution in [0.25, 0.3) is 0 Å². The van der Waals surface area contributed by atoms with Crippen LogP contribution in [0.15, 0.2) is 0 Å². The molecule has 13 N–H and O–H groups in total. The molecule has 0 aliphatic carbocycles. The van der Waals surface area contributed by atoms with Crippen LogP contribution in [0.4, 0.5) is 0 Å². The SMILES string of the molecule is CCCCC[C@H](NC(=O)[C@@H]1CCCN1C(O)CNC(=O)[C@H](C)NC(=O)[C@H](CC(C)C)NC(=O)CNC(=O)[C@H](CC(C)C)NC(=O)[C@H](CCC(N)=O)NC(=O)CNC(=O)[C@@H]1C[C@@H](C)CN1)C(=O)O. The number of likely N-dealkylation sites (tertiary alicyclic amines) is 1. The van der Waals surface area contributed by atoms with Crippen LogP contribution in [-0.4, -0.2) is 155 Å². The molecule has 2 rings (SSSR count). The fraction of sp³-hybridized carbons (Fsp3) is 0.773. The number of unbranched alkanes of at least 4 members (excludes halogenated alkanes) is 2. The van der Waals surface area contributed by atoms with Crippen molar-refractivity contribution >= 4 is 59.1 Å². The zero-order chi connectivity index (χ0) is 50.4. The molecule has 23 heteroatoms. The van der Waals surface area contributed by atoms with Gasteiger partial charge in [-0.2, -0.15) is 0 Å². The lowest BCUT2D eigenvalue weighted by Gasteiger charge is -2.30. The van der Waals surface area contributed by atoms with E-state index in [1.807, 2.05) is 27.7 Å². The second-order valence-electron chi connectivity index (χ2n) is 18.5. The fourth-order valence-electron chi connectivity index (χ4n) is 7.81. The van der Waals surface area contributed by atoms with Gasteiger partial charge in [0.15, 0.2) is 0 Å². The van der Waals surface area contributed by atoms with Crippen molar-refractivity contribution in [2.24, 2.45) is 23.5 Å². The minimum Gasteiger partial charge on any atom is -0.480 e. The normalized spacial score (nSPS) is 19.8. The number of primary amides is 1. The summed E-state index contributed by atoms with van der Waals surface area (Å²) in [6, 6.07) is -7.06. The third-order valence-electron chi connectivity index (χ3n) is 11.4. The third kappa shape index (κ3) is 21.4. The van der Waals surface area contributed by atoms with E-state index in [1.54, 1.807) is 13.8 Å². The molecule has 380 valence electrons. The number of carboxylic acids is 1. The van der Waals surface area contributed by atoms with Crippen LogP contribution in [0.5, 0.6) is 0 Å². The molecule has 2 fully saturated rings. The minimum absolute atomic E-state index is 0.101. The molecular formula is C44H77N11O12. The second kappa shape index (κ2) is 29.4. The smallest absolute Gasteiger partial charge is 0.326 e. The van der Waals surface area contributed by atoms with Crippen LogP contribution in [-0.2, 0) is 47.9 Å². The Labute approximate surface area is 393 Å². The number of carbonyl (C=O) groups is 10. The van der Waals surface area contributed by atoms with Gasteiger partial charge in [0.05, 0.1) is 31.7 Å². The lowest BCUT2D eigenvalue weighted by atomic mass is 10.0. The Morgan fingerprint density at radius 3 is 1.87 bits per heavy atom. The summed E-state index contributed by atoms with van der Waals surface area (Å²) >= 11 is 0. The molecule has 9 atom stereocenters. The predicted molar refractivity (Wildman–Crippen MR) is 245 cm³/mol. The van der Waals surface area contributed by atoms with Gasteiger partial charge in [0, 0.05) is 13.0 Å². The van der Waals surface area contributed by atoms with Crippen molar-refractivity contribution in [2.75, 3.05) is 32.7 Å². The van der Waals surface area contributed by atoms with Crippen molar-refractivity contribution in [1.82, 2.24) is 52.8 Å². The van der Waals surface area contributed by atoms with Gasteiger partial charge < -0.3 is 63.8 Å². The first-order chi connectivity index (χ1) is 31.5. The minimum atomic E-state index is -1.30. The lowest BCUT2D eigenvalue weighted by molar-refractivity contribution is -0.143. The average molecular weight is 952 g/mol. The van der Waals surface area contributed by atoms with E-state index >= 15 is 0 Å². The second-order valence-corrected chi connectivity index (χ2v) is 18.5. The number of rotatable bonds is 30. The molecule has 9 amide bonds. The molecular weight excluding hydrogens is 875 g/mol. The van der Waals surface area contributed by atoms with Gasteiger partial charge in [-0.15, -0.1) is 0 Å². The molecule has 2 heterocycles. The molecule has 0 bridgehead atoms. The maximum Gasteiger partial charge on any atom is 0.326 e. The van der Waals surface area contributed by atoms with Crippen LogP contribution in [0.3, 0.4) is 0 Å². The summed E-state index contributed by atoms with van der Waals surface area (Å²) < 4.78 is 0. The topological polar surface area (TPSA) is 349 Å². The van der Waals surface area contributed by atoms with E-state index in [0.29, 0.717) is 44.7 Å². The number of carboxylic acid groups (broad SMARTS) is 1. The summed E-state index contributed by atoms with van der Waals surface area (Å²) in [6.45, 7) is 12.3.